The van der Waals surface area contributed by atoms with Gasteiger partial charge in [-0.15, -0.1) is 0 Å². The summed E-state index contributed by atoms with van der Waals surface area (Å²) in [6, 6.07) is 4.96. The topological polar surface area (TPSA) is 51.0 Å². The molecule has 0 radical (unpaired) electrons. The second-order valence-electron chi connectivity index (χ2n) is 4.03. The Morgan fingerprint density at radius 3 is 2.94 bits per heavy atom. The molecular formula is C12H13BrFN3O. The molecule has 1 heterocycles. The molecule has 0 aliphatic rings. The zero-order valence-corrected chi connectivity index (χ0v) is 11.7. The lowest BCUT2D eigenvalue weighted by atomic mass is 10.2. The molecule has 2 rings (SSSR count). The quantitative estimate of drug-likeness (QED) is 0.943. The van der Waals surface area contributed by atoms with Gasteiger partial charge in [0.25, 0.3) is 5.89 Å². The van der Waals surface area contributed by atoms with Crippen LogP contribution in [-0.4, -0.2) is 23.2 Å². The molecule has 1 aromatic heterocycles. The summed E-state index contributed by atoms with van der Waals surface area (Å²) in [5.74, 6) is 0.383. The Labute approximate surface area is 113 Å². The third kappa shape index (κ3) is 2.94. The summed E-state index contributed by atoms with van der Waals surface area (Å²) >= 11 is 3.20. The van der Waals surface area contributed by atoms with Crippen molar-refractivity contribution >= 4 is 15.9 Å². The van der Waals surface area contributed by atoms with Crippen LogP contribution in [0.3, 0.4) is 0 Å². The molecule has 18 heavy (non-hydrogen) atoms. The first-order valence-electron chi connectivity index (χ1n) is 5.55. The minimum Gasteiger partial charge on any atom is -0.334 e. The van der Waals surface area contributed by atoms with Gasteiger partial charge in [0.1, 0.15) is 5.82 Å². The molecule has 0 saturated carbocycles. The van der Waals surface area contributed by atoms with Gasteiger partial charge in [0.05, 0.1) is 5.56 Å². The minimum atomic E-state index is -0.388. The van der Waals surface area contributed by atoms with Crippen LogP contribution < -0.4 is 5.32 Å². The molecule has 96 valence electrons. The van der Waals surface area contributed by atoms with Gasteiger partial charge in [0.2, 0.25) is 0 Å². The van der Waals surface area contributed by atoms with Crippen molar-refractivity contribution < 1.29 is 8.91 Å². The molecule has 0 fully saturated rings. The smallest absolute Gasteiger partial charge is 0.260 e. The molecule has 0 saturated heterocycles. The van der Waals surface area contributed by atoms with Gasteiger partial charge in [-0.3, -0.25) is 0 Å². The molecule has 0 bridgehead atoms. The molecule has 0 spiro atoms. The van der Waals surface area contributed by atoms with E-state index in [4.69, 9.17) is 4.52 Å². The summed E-state index contributed by atoms with van der Waals surface area (Å²) in [6.45, 7) is 2.01. The zero-order chi connectivity index (χ0) is 13.1. The molecule has 2 aromatic rings. The van der Waals surface area contributed by atoms with Crippen LogP contribution in [0.5, 0.6) is 0 Å². The Morgan fingerprint density at radius 1 is 1.50 bits per heavy atom. The summed E-state index contributed by atoms with van der Waals surface area (Å²) in [5, 5.41) is 6.92. The fraction of sp³-hybridized carbons (Fsp3) is 0.333. The fourth-order valence-corrected chi connectivity index (χ4v) is 1.82. The first kappa shape index (κ1) is 13.2. The average Bonchev–Trinajstić information content (AvgIpc) is 2.77. The number of nitrogens with one attached hydrogen (secondary N) is 1. The number of hydrogen-bond acceptors (Lipinski definition) is 4. The third-order valence-corrected chi connectivity index (χ3v) is 3.10. The van der Waals surface area contributed by atoms with Gasteiger partial charge >= 0.3 is 0 Å². The second kappa shape index (κ2) is 5.58. The molecule has 6 heteroatoms. The lowest BCUT2D eigenvalue weighted by Gasteiger charge is -2.04. The third-order valence-electron chi connectivity index (χ3n) is 2.61. The lowest BCUT2D eigenvalue weighted by molar-refractivity contribution is 0.416. The minimum absolute atomic E-state index is 0.207. The molecule has 4 nitrogen and oxygen atoms in total. The number of benzene rings is 1. The highest BCUT2D eigenvalue weighted by molar-refractivity contribution is 9.10. The Morgan fingerprint density at radius 2 is 2.28 bits per heavy atom. The Kier molecular flexibility index (Phi) is 4.08. The van der Waals surface area contributed by atoms with E-state index in [9.17, 15) is 4.39 Å². The van der Waals surface area contributed by atoms with Crippen LogP contribution in [0.1, 0.15) is 12.7 Å². The second-order valence-corrected chi connectivity index (χ2v) is 4.95. The van der Waals surface area contributed by atoms with Gasteiger partial charge < -0.3 is 9.84 Å². The average molecular weight is 314 g/mol. The normalized spacial score (nSPS) is 12.7. The number of likely N-dealkylation sites (N-methyl/N-ethyl adjacent to an activating group) is 1. The maximum Gasteiger partial charge on any atom is 0.260 e. The maximum atomic E-state index is 13.7. The number of nitrogens with zero attached hydrogens (tertiary/aromatic N) is 2. The van der Waals surface area contributed by atoms with Gasteiger partial charge in [-0.25, -0.2) is 4.39 Å². The molecule has 0 amide bonds. The van der Waals surface area contributed by atoms with Gasteiger partial charge in [-0.05, 0) is 32.2 Å². The number of aromatic nitrogens is 2. The lowest BCUT2D eigenvalue weighted by Crippen LogP contribution is -2.24. The van der Waals surface area contributed by atoms with Crippen molar-refractivity contribution in [2.45, 2.75) is 19.4 Å². The van der Waals surface area contributed by atoms with Crippen molar-refractivity contribution in [2.75, 3.05) is 7.05 Å². The van der Waals surface area contributed by atoms with Crippen molar-refractivity contribution in [1.82, 2.24) is 15.5 Å². The van der Waals surface area contributed by atoms with Crippen molar-refractivity contribution in [3.63, 3.8) is 0 Å². The van der Waals surface area contributed by atoms with E-state index in [1.54, 1.807) is 12.1 Å². The summed E-state index contributed by atoms with van der Waals surface area (Å²) in [5.41, 5.74) is 0.314. The molecular weight excluding hydrogens is 301 g/mol. The van der Waals surface area contributed by atoms with Crippen LogP contribution in [0.15, 0.2) is 27.2 Å². The summed E-state index contributed by atoms with van der Waals surface area (Å²) in [7, 11) is 1.86. The van der Waals surface area contributed by atoms with E-state index < -0.39 is 0 Å². The highest BCUT2D eigenvalue weighted by Gasteiger charge is 2.14. The molecule has 1 unspecified atom stereocenters. The van der Waals surface area contributed by atoms with Gasteiger partial charge in [-0.1, -0.05) is 21.1 Å². The first-order valence-corrected chi connectivity index (χ1v) is 6.34. The van der Waals surface area contributed by atoms with E-state index in [2.05, 4.69) is 31.4 Å². The maximum absolute atomic E-state index is 13.7. The summed E-state index contributed by atoms with van der Waals surface area (Å²) < 4.78 is 19.4. The van der Waals surface area contributed by atoms with Crippen LogP contribution >= 0.6 is 15.9 Å². The van der Waals surface area contributed by atoms with Crippen molar-refractivity contribution in [3.8, 4) is 11.5 Å². The highest BCUT2D eigenvalue weighted by atomic mass is 79.9. The van der Waals surface area contributed by atoms with Gasteiger partial charge in [-0.2, -0.15) is 4.98 Å². The summed E-state index contributed by atoms with van der Waals surface area (Å²) in [6.07, 6.45) is 0.637. The molecule has 1 atom stereocenters. The van der Waals surface area contributed by atoms with E-state index in [1.165, 1.54) is 6.07 Å². The Bertz CT molecular complexity index is 544. The predicted molar refractivity (Wildman–Crippen MR) is 69.6 cm³/mol. The van der Waals surface area contributed by atoms with Crippen LogP contribution in [-0.2, 0) is 6.42 Å². The van der Waals surface area contributed by atoms with Crippen molar-refractivity contribution in [3.05, 3.63) is 34.3 Å². The number of halogens is 2. The highest BCUT2D eigenvalue weighted by Crippen LogP contribution is 2.24. The Hall–Kier alpha value is -1.27. The van der Waals surface area contributed by atoms with Crippen LogP contribution in [0.4, 0.5) is 4.39 Å². The Balaban J connectivity index is 2.24. The van der Waals surface area contributed by atoms with E-state index >= 15 is 0 Å². The van der Waals surface area contributed by atoms with Crippen molar-refractivity contribution in [1.29, 1.82) is 0 Å². The molecule has 0 aliphatic carbocycles. The molecule has 0 aliphatic heterocycles. The monoisotopic (exact) mass is 313 g/mol. The summed E-state index contributed by atoms with van der Waals surface area (Å²) in [4.78, 5) is 4.19. The largest absolute Gasteiger partial charge is 0.334 e. The predicted octanol–water partition coefficient (Wildman–Crippen LogP) is 2.79. The van der Waals surface area contributed by atoms with E-state index in [1.807, 2.05) is 14.0 Å². The molecule has 1 N–H and O–H groups in total. The van der Waals surface area contributed by atoms with Gasteiger partial charge in [0.15, 0.2) is 5.82 Å². The first-order chi connectivity index (χ1) is 8.60. The standard InChI is InChI=1S/C12H13BrFN3O/c1-7(15-2)5-11-16-12(18-17-11)9-4-3-8(13)6-10(9)14/h3-4,6-7,15H,5H2,1-2H3. The molecule has 1 aromatic carbocycles. The number of hydrogen-bond donors (Lipinski definition) is 1. The van der Waals surface area contributed by atoms with Crippen molar-refractivity contribution in [2.24, 2.45) is 0 Å². The zero-order valence-electron chi connectivity index (χ0n) is 10.1. The van der Waals surface area contributed by atoms with Gasteiger partial charge in [0, 0.05) is 16.9 Å². The van der Waals surface area contributed by atoms with E-state index in [-0.39, 0.29) is 17.7 Å². The van der Waals surface area contributed by atoms with E-state index in [0.29, 0.717) is 22.3 Å². The van der Waals surface area contributed by atoms with Crippen LogP contribution in [0.2, 0.25) is 0 Å². The van der Waals surface area contributed by atoms with E-state index in [0.717, 1.165) is 0 Å². The number of rotatable bonds is 4. The van der Waals surface area contributed by atoms with Crippen LogP contribution in [0.25, 0.3) is 11.5 Å². The van der Waals surface area contributed by atoms with Crippen LogP contribution in [0, 0.1) is 5.82 Å². The fourth-order valence-electron chi connectivity index (χ4n) is 1.49. The SMILES string of the molecule is CNC(C)Cc1noc(-c2ccc(Br)cc2F)n1.